The number of hydrogen-bond donors (Lipinski definition) is 0. The van der Waals surface area contributed by atoms with Crippen molar-refractivity contribution >= 4 is 35.0 Å². The van der Waals surface area contributed by atoms with Gasteiger partial charge in [-0.1, -0.05) is 74.9 Å². The molecule has 4 amide bonds. The van der Waals surface area contributed by atoms with Crippen LogP contribution >= 0.6 is 0 Å². The van der Waals surface area contributed by atoms with Crippen molar-refractivity contribution in [1.82, 2.24) is 0 Å². The zero-order chi connectivity index (χ0) is 35.2. The van der Waals surface area contributed by atoms with Crippen LogP contribution in [0.1, 0.15) is 43.0 Å². The minimum Gasteiger partial charge on any atom is -0.457 e. The zero-order valence-corrected chi connectivity index (χ0v) is 29.1. The number of aryl methyl sites for hydroxylation is 3. The van der Waals surface area contributed by atoms with Crippen molar-refractivity contribution in [2.45, 2.75) is 47.0 Å². The highest BCUT2D eigenvalue weighted by atomic mass is 16.5. The molecule has 0 N–H and O–H groups in total. The Morgan fingerprint density at radius 3 is 1.40 bits per heavy atom. The number of allylic oxidation sites excluding steroid dienone is 2. The van der Waals surface area contributed by atoms with Gasteiger partial charge in [0, 0.05) is 11.8 Å². The van der Waals surface area contributed by atoms with E-state index in [0.29, 0.717) is 22.9 Å². The number of benzene rings is 4. The summed E-state index contributed by atoms with van der Waals surface area (Å²) in [4.78, 5) is 58.9. The average Bonchev–Trinajstić information content (AvgIpc) is 3.52. The van der Waals surface area contributed by atoms with Gasteiger partial charge in [-0.15, -0.1) is 0 Å². The first-order valence-electron chi connectivity index (χ1n) is 17.3. The van der Waals surface area contributed by atoms with Crippen LogP contribution in [-0.4, -0.2) is 23.6 Å². The molecule has 9 rings (SSSR count). The molecule has 3 fully saturated rings. The number of ether oxygens (including phenoxy) is 1. The Labute approximate surface area is 292 Å². The molecule has 6 unspecified atom stereocenters. The van der Waals surface area contributed by atoms with Crippen LogP contribution in [0.15, 0.2) is 97.1 Å². The van der Waals surface area contributed by atoms with E-state index in [4.69, 9.17) is 4.74 Å². The van der Waals surface area contributed by atoms with E-state index < -0.39 is 35.5 Å². The topological polar surface area (TPSA) is 84.0 Å². The second kappa shape index (κ2) is 11.4. The number of carbonyl (C=O) groups excluding carboxylic acids is 4. The third kappa shape index (κ3) is 4.85. The number of imide groups is 2. The Kier molecular flexibility index (Phi) is 7.26. The zero-order valence-electron chi connectivity index (χ0n) is 29.1. The summed E-state index contributed by atoms with van der Waals surface area (Å²) in [5, 5.41) is 0. The third-order valence-electron chi connectivity index (χ3n) is 11.2. The van der Waals surface area contributed by atoms with Crippen LogP contribution < -0.4 is 14.5 Å². The lowest BCUT2D eigenvalue weighted by Crippen LogP contribution is -2.50. The molecule has 7 heteroatoms. The predicted octanol–water partition coefficient (Wildman–Crippen LogP) is 8.10. The van der Waals surface area contributed by atoms with Crippen molar-refractivity contribution in [2.75, 3.05) is 9.80 Å². The van der Waals surface area contributed by atoms with E-state index >= 15 is 0 Å². The van der Waals surface area contributed by atoms with Gasteiger partial charge in [0.1, 0.15) is 11.5 Å². The SMILES string of the molecule is Cc1ccc(-c2ccc(N3C(=O)C4C5C=CC(C6C(=O)N(c7ccc(Oc8ccc(C(C)(C)C)cc8)cc7)C(=O)C56)C4C3=O)cc2C)c(C)c1. The fourth-order valence-corrected chi connectivity index (χ4v) is 8.76. The van der Waals surface area contributed by atoms with E-state index in [-0.39, 0.29) is 29.0 Å². The summed E-state index contributed by atoms with van der Waals surface area (Å²) < 4.78 is 6.04. The highest BCUT2D eigenvalue weighted by molar-refractivity contribution is 6.26. The Morgan fingerprint density at radius 1 is 0.520 bits per heavy atom. The van der Waals surface area contributed by atoms with E-state index in [1.165, 1.54) is 20.9 Å². The Hall–Kier alpha value is -5.30. The van der Waals surface area contributed by atoms with Gasteiger partial charge < -0.3 is 4.74 Å². The maximum atomic E-state index is 14.1. The van der Waals surface area contributed by atoms with Crippen molar-refractivity contribution in [3.05, 3.63) is 119 Å². The van der Waals surface area contributed by atoms with E-state index in [0.717, 1.165) is 22.3 Å². The number of amides is 4. The lowest BCUT2D eigenvalue weighted by molar-refractivity contribution is -0.137. The summed E-state index contributed by atoms with van der Waals surface area (Å²) >= 11 is 0. The van der Waals surface area contributed by atoms with Gasteiger partial charge in [0.15, 0.2) is 0 Å². The maximum absolute atomic E-state index is 14.1. The first kappa shape index (κ1) is 31.9. The molecule has 0 radical (unpaired) electrons. The third-order valence-corrected chi connectivity index (χ3v) is 11.2. The lowest BCUT2D eigenvalue weighted by Gasteiger charge is -2.44. The molecule has 252 valence electrons. The van der Waals surface area contributed by atoms with Crippen molar-refractivity contribution in [3.63, 3.8) is 0 Å². The molecule has 4 aromatic rings. The predicted molar refractivity (Wildman–Crippen MR) is 193 cm³/mol. The van der Waals surface area contributed by atoms with Gasteiger partial charge in [-0.05, 0) is 103 Å². The fraction of sp³-hybridized carbons (Fsp3) is 0.302. The molecule has 2 bridgehead atoms. The molecule has 2 aliphatic heterocycles. The molecule has 3 aliphatic carbocycles. The van der Waals surface area contributed by atoms with Gasteiger partial charge in [0.2, 0.25) is 23.6 Å². The van der Waals surface area contributed by atoms with Crippen molar-refractivity contribution < 1.29 is 23.9 Å². The number of nitrogens with zero attached hydrogens (tertiary/aromatic N) is 2. The van der Waals surface area contributed by atoms with Gasteiger partial charge in [-0.2, -0.15) is 0 Å². The maximum Gasteiger partial charge on any atom is 0.238 e. The first-order chi connectivity index (χ1) is 23.8. The van der Waals surface area contributed by atoms with Gasteiger partial charge in [0.05, 0.1) is 35.0 Å². The van der Waals surface area contributed by atoms with Gasteiger partial charge in [-0.25, -0.2) is 0 Å². The number of hydrogen-bond acceptors (Lipinski definition) is 5. The smallest absolute Gasteiger partial charge is 0.238 e. The van der Waals surface area contributed by atoms with Crippen LogP contribution in [0.3, 0.4) is 0 Å². The summed E-state index contributed by atoms with van der Waals surface area (Å²) in [5.41, 5.74) is 7.67. The second-order valence-electron chi connectivity index (χ2n) is 15.4. The molecule has 6 atom stereocenters. The van der Waals surface area contributed by atoms with Crippen LogP contribution in [0.5, 0.6) is 11.5 Å². The number of carbonyl (C=O) groups is 4. The minimum absolute atomic E-state index is 0.0345. The van der Waals surface area contributed by atoms with E-state index in [1.807, 2.05) is 61.5 Å². The van der Waals surface area contributed by atoms with Gasteiger partial charge in [0.25, 0.3) is 0 Å². The lowest BCUT2D eigenvalue weighted by atomic mass is 9.54. The summed E-state index contributed by atoms with van der Waals surface area (Å²) in [6.07, 6.45) is 3.79. The van der Waals surface area contributed by atoms with E-state index in [1.54, 1.807) is 24.3 Å². The van der Waals surface area contributed by atoms with Crippen LogP contribution in [0, 0.1) is 56.3 Å². The molecule has 4 aromatic carbocycles. The van der Waals surface area contributed by atoms with Crippen LogP contribution in [0.4, 0.5) is 11.4 Å². The highest BCUT2D eigenvalue weighted by Gasteiger charge is 2.68. The largest absolute Gasteiger partial charge is 0.457 e. The fourth-order valence-electron chi connectivity index (χ4n) is 8.76. The summed E-state index contributed by atoms with van der Waals surface area (Å²) in [6.45, 7) is 12.6. The minimum atomic E-state index is -0.693. The normalized spacial score (nSPS) is 25.4. The Morgan fingerprint density at radius 2 is 0.940 bits per heavy atom. The van der Waals surface area contributed by atoms with Gasteiger partial charge >= 0.3 is 0 Å². The molecule has 0 spiro atoms. The van der Waals surface area contributed by atoms with Crippen molar-refractivity contribution in [3.8, 4) is 22.6 Å². The van der Waals surface area contributed by atoms with E-state index in [2.05, 4.69) is 52.8 Å². The molecule has 2 heterocycles. The Bertz CT molecular complexity index is 2070. The molecule has 5 aliphatic rings. The summed E-state index contributed by atoms with van der Waals surface area (Å²) in [6, 6.07) is 26.9. The molecular weight excluding hydrogens is 624 g/mol. The first-order valence-corrected chi connectivity index (χ1v) is 17.3. The quantitative estimate of drug-likeness (QED) is 0.159. The molecule has 50 heavy (non-hydrogen) atoms. The molecule has 1 saturated carbocycles. The molecule has 2 saturated heterocycles. The van der Waals surface area contributed by atoms with Crippen LogP contribution in [0.2, 0.25) is 0 Å². The number of rotatable bonds is 5. The average molecular weight is 665 g/mol. The highest BCUT2D eigenvalue weighted by Crippen LogP contribution is 2.58. The van der Waals surface area contributed by atoms with Crippen molar-refractivity contribution in [2.24, 2.45) is 35.5 Å². The van der Waals surface area contributed by atoms with E-state index in [9.17, 15) is 19.2 Å². The molecular formula is C43H40N2O5. The van der Waals surface area contributed by atoms with Crippen LogP contribution in [-0.2, 0) is 24.6 Å². The monoisotopic (exact) mass is 664 g/mol. The molecule has 0 aromatic heterocycles. The van der Waals surface area contributed by atoms with Crippen molar-refractivity contribution in [1.29, 1.82) is 0 Å². The number of anilines is 2. The second-order valence-corrected chi connectivity index (χ2v) is 15.4. The van der Waals surface area contributed by atoms with Gasteiger partial charge in [-0.3, -0.25) is 29.0 Å². The Balaban J connectivity index is 1.03. The molecule has 7 nitrogen and oxygen atoms in total. The summed E-state index contributed by atoms with van der Waals surface area (Å²) in [5.74, 6) is -3.80. The summed E-state index contributed by atoms with van der Waals surface area (Å²) in [7, 11) is 0. The standard InChI is InChI=1S/C43H40N2O5/c1-23-7-17-31(24(2)21-23)32-18-12-28(22-25(32)3)45-41(48)37-33-19-20-34(38(37)42(45)49)36-35(33)39(46)44(40(36)47)27-10-15-30(16-11-27)50-29-13-8-26(9-14-29)43(4,5)6/h7-22,33-38H,1-6H3. The van der Waals surface area contributed by atoms with Crippen LogP contribution in [0.25, 0.3) is 11.1 Å².